The molecule has 28 heavy (non-hydrogen) atoms. The van der Waals surface area contributed by atoms with Crippen molar-refractivity contribution in [3.63, 3.8) is 0 Å². The van der Waals surface area contributed by atoms with E-state index in [1.165, 1.54) is 19.3 Å². The van der Waals surface area contributed by atoms with Crippen molar-refractivity contribution in [2.24, 2.45) is 0 Å². The Morgan fingerprint density at radius 3 is 1.93 bits per heavy atom. The number of hydrogen-bond donors (Lipinski definition) is 1. The van der Waals surface area contributed by atoms with Gasteiger partial charge in [0.15, 0.2) is 0 Å². The largest absolute Gasteiger partial charge is 1.00 e. The lowest BCUT2D eigenvalue weighted by Crippen LogP contribution is -3.00. The predicted octanol–water partition coefficient (Wildman–Crippen LogP) is 0.490. The Morgan fingerprint density at radius 2 is 1.46 bits per heavy atom. The van der Waals surface area contributed by atoms with Crippen LogP contribution < -0.4 is 17.0 Å². The van der Waals surface area contributed by atoms with Gasteiger partial charge in [0, 0.05) is 0 Å². The number of carbonyl (C=O) groups excluding carboxylic acids is 1. The lowest BCUT2D eigenvalue weighted by atomic mass is 9.86. The summed E-state index contributed by atoms with van der Waals surface area (Å²) in [5, 5.41) is 11.4. The van der Waals surface area contributed by atoms with Gasteiger partial charge in [-0.25, -0.2) is 4.79 Å². The van der Waals surface area contributed by atoms with Gasteiger partial charge in [0.25, 0.3) is 0 Å². The summed E-state index contributed by atoms with van der Waals surface area (Å²) in [6.45, 7) is 6.69. The van der Waals surface area contributed by atoms with Crippen molar-refractivity contribution in [2.45, 2.75) is 31.8 Å². The van der Waals surface area contributed by atoms with E-state index in [9.17, 15) is 9.90 Å². The number of likely N-dealkylation sites (N-methyl/N-ethyl adjacent to an activating group) is 1. The Morgan fingerprint density at radius 1 is 0.964 bits per heavy atom. The lowest BCUT2D eigenvalue weighted by molar-refractivity contribution is -0.930. The molecule has 0 radical (unpaired) electrons. The van der Waals surface area contributed by atoms with Crippen molar-refractivity contribution in [1.82, 2.24) is 0 Å². The number of carbonyl (C=O) groups is 1. The van der Waals surface area contributed by atoms with Crippen LogP contribution in [0.25, 0.3) is 0 Å². The molecule has 1 fully saturated rings. The molecule has 1 heterocycles. The van der Waals surface area contributed by atoms with E-state index in [0.29, 0.717) is 17.7 Å². The molecule has 1 N–H and O–H groups in total. The quantitative estimate of drug-likeness (QED) is 0.496. The summed E-state index contributed by atoms with van der Waals surface area (Å²) in [6.07, 6.45) is 3.76. The Kier molecular flexibility index (Phi) is 8.23. The predicted molar refractivity (Wildman–Crippen MR) is 106 cm³/mol. The Bertz CT molecular complexity index is 691. The molecule has 1 aliphatic rings. The van der Waals surface area contributed by atoms with Gasteiger partial charge < -0.3 is 31.3 Å². The summed E-state index contributed by atoms with van der Waals surface area (Å²) < 4.78 is 6.64. The first-order chi connectivity index (χ1) is 13.1. The van der Waals surface area contributed by atoms with Crippen molar-refractivity contribution in [3.05, 3.63) is 71.8 Å². The van der Waals surface area contributed by atoms with Crippen molar-refractivity contribution in [1.29, 1.82) is 0 Å². The van der Waals surface area contributed by atoms with Crippen LogP contribution in [0.5, 0.6) is 0 Å². The number of aliphatic hydroxyl groups is 1. The summed E-state index contributed by atoms with van der Waals surface area (Å²) in [4.78, 5) is 13.0. The van der Waals surface area contributed by atoms with E-state index >= 15 is 0 Å². The van der Waals surface area contributed by atoms with Crippen molar-refractivity contribution in [3.8, 4) is 0 Å². The minimum Gasteiger partial charge on any atom is -1.00 e. The zero-order valence-corrected chi connectivity index (χ0v) is 18.1. The molecule has 0 unspecified atom stereocenters. The van der Waals surface area contributed by atoms with Crippen molar-refractivity contribution in [2.75, 3.05) is 32.8 Å². The maximum absolute atomic E-state index is 13.0. The molecule has 0 spiro atoms. The zero-order valence-electron chi connectivity index (χ0n) is 16.5. The number of likely N-dealkylation sites (tertiary alicyclic amines) is 1. The molecule has 5 heteroatoms. The van der Waals surface area contributed by atoms with Gasteiger partial charge >= 0.3 is 5.97 Å². The highest BCUT2D eigenvalue weighted by atomic mass is 79.9. The number of hydrogen-bond acceptors (Lipinski definition) is 3. The third-order valence-electron chi connectivity index (χ3n) is 5.91. The molecule has 152 valence electrons. The SMILES string of the molecule is CC[N+]1(CCOC(=O)C(O)(c2ccccc2)c2ccccc2)CCCCC1.[Br-]. The zero-order chi connectivity index (χ0) is 19.2. The van der Waals surface area contributed by atoms with Crippen LogP contribution in [0.15, 0.2) is 60.7 Å². The van der Waals surface area contributed by atoms with E-state index in [1.54, 1.807) is 24.3 Å². The third kappa shape index (κ3) is 4.83. The second kappa shape index (κ2) is 10.2. The van der Waals surface area contributed by atoms with Gasteiger partial charge in [0.2, 0.25) is 5.60 Å². The van der Waals surface area contributed by atoms with Crippen molar-refractivity contribution >= 4 is 5.97 Å². The number of rotatable bonds is 7. The van der Waals surface area contributed by atoms with Crippen LogP contribution in [0.4, 0.5) is 0 Å². The summed E-state index contributed by atoms with van der Waals surface area (Å²) in [6, 6.07) is 18.1. The number of benzene rings is 2. The van der Waals surface area contributed by atoms with Crippen LogP contribution in [0.1, 0.15) is 37.3 Å². The number of esters is 1. The van der Waals surface area contributed by atoms with E-state index in [2.05, 4.69) is 6.92 Å². The average Bonchev–Trinajstić information content (AvgIpc) is 2.75. The van der Waals surface area contributed by atoms with E-state index in [1.807, 2.05) is 36.4 Å². The van der Waals surface area contributed by atoms with Gasteiger partial charge in [-0.1, -0.05) is 60.7 Å². The van der Waals surface area contributed by atoms with Gasteiger partial charge in [-0.05, 0) is 37.3 Å². The maximum atomic E-state index is 13.0. The summed E-state index contributed by atoms with van der Waals surface area (Å²) in [5.41, 5.74) is -0.737. The molecule has 0 amide bonds. The molecular formula is C23H30BrNO3. The minimum absolute atomic E-state index is 0. The number of piperidine rings is 1. The van der Waals surface area contributed by atoms with E-state index in [-0.39, 0.29) is 17.0 Å². The van der Waals surface area contributed by atoms with Crippen LogP contribution in [0, 0.1) is 0 Å². The molecule has 1 aliphatic heterocycles. The lowest BCUT2D eigenvalue weighted by Gasteiger charge is -2.40. The molecular weight excluding hydrogens is 418 g/mol. The fraction of sp³-hybridized carbons (Fsp3) is 0.435. The van der Waals surface area contributed by atoms with Gasteiger partial charge in [-0.3, -0.25) is 0 Å². The third-order valence-corrected chi connectivity index (χ3v) is 5.91. The Labute approximate surface area is 178 Å². The van der Waals surface area contributed by atoms with Crippen LogP contribution in [-0.4, -0.2) is 48.3 Å². The first-order valence-electron chi connectivity index (χ1n) is 9.96. The standard InChI is InChI=1S/C23H30NO3.BrH/c1-2-24(16-10-5-11-17-24)18-19-27-22(25)23(26,20-12-6-3-7-13-20)21-14-8-4-9-15-21;/h3-4,6-9,12-15,26H,2,5,10-11,16-19H2,1H3;1H/q+1;/p-1. The highest BCUT2D eigenvalue weighted by Gasteiger charge is 2.42. The first kappa shape index (κ1) is 22.6. The number of quaternary nitrogens is 1. The van der Waals surface area contributed by atoms with Crippen LogP contribution in [0.3, 0.4) is 0 Å². The molecule has 0 aromatic heterocycles. The normalized spacial score (nSPS) is 16.1. The van der Waals surface area contributed by atoms with Gasteiger partial charge in [-0.15, -0.1) is 0 Å². The number of ether oxygens (including phenoxy) is 1. The van der Waals surface area contributed by atoms with Crippen LogP contribution in [0.2, 0.25) is 0 Å². The summed E-state index contributed by atoms with van der Waals surface area (Å²) in [7, 11) is 0. The van der Waals surface area contributed by atoms with Crippen molar-refractivity contribution < 1.29 is 36.1 Å². The van der Waals surface area contributed by atoms with Crippen LogP contribution in [-0.2, 0) is 15.1 Å². The van der Waals surface area contributed by atoms with Gasteiger partial charge in [0.1, 0.15) is 13.2 Å². The maximum Gasteiger partial charge on any atom is 0.347 e. The summed E-state index contributed by atoms with van der Waals surface area (Å²) in [5.74, 6) is -0.605. The molecule has 0 saturated carbocycles. The monoisotopic (exact) mass is 447 g/mol. The topological polar surface area (TPSA) is 46.5 Å². The van der Waals surface area contributed by atoms with E-state index in [4.69, 9.17) is 4.74 Å². The van der Waals surface area contributed by atoms with E-state index in [0.717, 1.165) is 30.7 Å². The Balaban J connectivity index is 0.00000280. The molecule has 3 rings (SSSR count). The van der Waals surface area contributed by atoms with Gasteiger partial charge in [-0.2, -0.15) is 0 Å². The fourth-order valence-corrected chi connectivity index (χ4v) is 4.08. The highest BCUT2D eigenvalue weighted by molar-refractivity contribution is 5.85. The molecule has 2 aromatic rings. The number of halogens is 1. The van der Waals surface area contributed by atoms with Gasteiger partial charge in [0.05, 0.1) is 19.6 Å². The minimum atomic E-state index is -1.79. The summed E-state index contributed by atoms with van der Waals surface area (Å²) >= 11 is 0. The Hall–Kier alpha value is -1.69. The second-order valence-corrected chi connectivity index (χ2v) is 7.47. The average molecular weight is 448 g/mol. The number of nitrogens with zero attached hydrogens (tertiary/aromatic N) is 1. The van der Waals surface area contributed by atoms with Crippen LogP contribution >= 0.6 is 0 Å². The highest BCUT2D eigenvalue weighted by Crippen LogP contribution is 2.31. The van der Waals surface area contributed by atoms with E-state index < -0.39 is 11.6 Å². The first-order valence-corrected chi connectivity index (χ1v) is 9.96. The fourth-order valence-electron chi connectivity index (χ4n) is 4.08. The smallest absolute Gasteiger partial charge is 0.347 e. The molecule has 4 nitrogen and oxygen atoms in total. The molecule has 2 aromatic carbocycles. The molecule has 0 bridgehead atoms. The molecule has 0 aliphatic carbocycles. The second-order valence-electron chi connectivity index (χ2n) is 7.47. The molecule has 1 saturated heterocycles. The molecule has 0 atom stereocenters.